The van der Waals surface area contributed by atoms with Gasteiger partial charge in [0.05, 0.1) is 33.0 Å². The highest BCUT2D eigenvalue weighted by molar-refractivity contribution is 5.01. The van der Waals surface area contributed by atoms with Gasteiger partial charge in [-0.1, -0.05) is 39.5 Å². The molecule has 0 amide bonds. The minimum absolute atomic E-state index is 0. The van der Waals surface area contributed by atoms with E-state index >= 15 is 0 Å². The summed E-state index contributed by atoms with van der Waals surface area (Å²) in [6.07, 6.45) is 0. The van der Waals surface area contributed by atoms with Crippen LogP contribution in [-0.4, -0.2) is 52.2 Å². The molecule has 0 fully saturated rings. The lowest BCUT2D eigenvalue weighted by molar-refractivity contribution is 0.0207. The Balaban J connectivity index is 0. The normalized spacial score (nSPS) is 10.8. The third-order valence-corrected chi connectivity index (χ3v) is 2.11. The lowest BCUT2D eigenvalue weighted by Crippen LogP contribution is -2.27. The van der Waals surface area contributed by atoms with E-state index in [0.717, 1.165) is 13.2 Å². The number of nitrogens with one attached hydrogen (secondary N) is 1. The fourth-order valence-corrected chi connectivity index (χ4v) is 1.23. The van der Waals surface area contributed by atoms with E-state index in [1.165, 1.54) is 0 Å². The zero-order valence-corrected chi connectivity index (χ0v) is 12.8. The van der Waals surface area contributed by atoms with E-state index in [4.69, 9.17) is 14.2 Å². The smallest absolute Gasteiger partial charge is 0.107 e. The molecule has 0 aromatic heterocycles. The summed E-state index contributed by atoms with van der Waals surface area (Å²) in [5.41, 5.74) is 0. The van der Waals surface area contributed by atoms with Crippen molar-refractivity contribution in [1.29, 1.82) is 0 Å². The number of ether oxygens (including phenoxy) is 3. The van der Waals surface area contributed by atoms with E-state index < -0.39 is 0 Å². The first-order chi connectivity index (χ1) is 9.13. The summed E-state index contributed by atoms with van der Waals surface area (Å²) >= 11 is 0. The Morgan fingerprint density at radius 3 is 2.05 bits per heavy atom. The summed E-state index contributed by atoms with van der Waals surface area (Å²) < 4.78 is 16.1. The maximum Gasteiger partial charge on any atom is 0.107 e. The molecule has 0 aromatic carbocycles. The van der Waals surface area contributed by atoms with Crippen molar-refractivity contribution in [1.82, 2.24) is 5.32 Å². The fraction of sp³-hybridized carbons (Fsp3) is 0.867. The molecule has 0 saturated heterocycles. The van der Waals surface area contributed by atoms with E-state index in [1.807, 2.05) is 0 Å². The van der Waals surface area contributed by atoms with Crippen molar-refractivity contribution in [3.63, 3.8) is 0 Å². The van der Waals surface area contributed by atoms with E-state index in [9.17, 15) is 0 Å². The second-order valence-corrected chi connectivity index (χ2v) is 4.86. The van der Waals surface area contributed by atoms with Crippen LogP contribution in [0.3, 0.4) is 0 Å². The standard InChI is InChI=1S/C15H29NO3.H2/c1-14(2)6-5-8-17-10-12-19-13-11-18-9-7-16-15(3)4;/h14-16H,7-13H2,1-4H3;1H. The molecule has 4 heteroatoms. The van der Waals surface area contributed by atoms with Gasteiger partial charge in [0, 0.05) is 19.9 Å². The molecule has 1 N–H and O–H groups in total. The average molecular weight is 273 g/mol. The second kappa shape index (κ2) is 13.8. The molecule has 114 valence electrons. The summed E-state index contributed by atoms with van der Waals surface area (Å²) in [6.45, 7) is 12.9. The summed E-state index contributed by atoms with van der Waals surface area (Å²) in [6, 6.07) is 0.510. The van der Waals surface area contributed by atoms with Gasteiger partial charge in [-0.05, 0) is 0 Å². The van der Waals surface area contributed by atoms with Crippen molar-refractivity contribution >= 4 is 0 Å². The topological polar surface area (TPSA) is 39.7 Å². The Labute approximate surface area is 119 Å². The summed E-state index contributed by atoms with van der Waals surface area (Å²) in [7, 11) is 0. The van der Waals surface area contributed by atoms with Gasteiger partial charge in [-0.15, -0.1) is 0 Å². The molecular weight excluding hydrogens is 242 g/mol. The van der Waals surface area contributed by atoms with Crippen LogP contribution in [0.15, 0.2) is 0 Å². The maximum absolute atomic E-state index is 5.40. The van der Waals surface area contributed by atoms with Gasteiger partial charge in [0.2, 0.25) is 0 Å². The SMILES string of the molecule is CC(C)C#CCOCCOCCOCCNC(C)C.[HH]. The Morgan fingerprint density at radius 1 is 0.895 bits per heavy atom. The van der Waals surface area contributed by atoms with E-state index in [1.54, 1.807) is 0 Å². The monoisotopic (exact) mass is 273 g/mol. The van der Waals surface area contributed by atoms with Gasteiger partial charge >= 0.3 is 0 Å². The number of hydrogen-bond donors (Lipinski definition) is 1. The molecule has 19 heavy (non-hydrogen) atoms. The predicted octanol–water partition coefficient (Wildman–Crippen LogP) is 1.94. The first kappa shape index (κ1) is 18.4. The van der Waals surface area contributed by atoms with Crippen LogP contribution in [0.4, 0.5) is 0 Å². The van der Waals surface area contributed by atoms with Crippen molar-refractivity contribution in [2.24, 2.45) is 5.92 Å². The zero-order chi connectivity index (χ0) is 14.3. The van der Waals surface area contributed by atoms with E-state index in [-0.39, 0.29) is 1.43 Å². The lowest BCUT2D eigenvalue weighted by Gasteiger charge is -2.08. The minimum atomic E-state index is 0. The first-order valence-corrected chi connectivity index (χ1v) is 7.08. The lowest BCUT2D eigenvalue weighted by atomic mass is 10.2. The van der Waals surface area contributed by atoms with Crippen LogP contribution in [0, 0.1) is 17.8 Å². The largest absolute Gasteiger partial charge is 0.378 e. The average Bonchev–Trinajstić information content (AvgIpc) is 2.34. The molecule has 0 rings (SSSR count). The van der Waals surface area contributed by atoms with Gasteiger partial charge in [-0.25, -0.2) is 0 Å². The molecule has 4 nitrogen and oxygen atoms in total. The third-order valence-electron chi connectivity index (χ3n) is 2.11. The van der Waals surface area contributed by atoms with Crippen molar-refractivity contribution in [2.45, 2.75) is 33.7 Å². The molecule has 0 bridgehead atoms. The highest BCUT2D eigenvalue weighted by atomic mass is 16.5. The van der Waals surface area contributed by atoms with Gasteiger partial charge in [-0.3, -0.25) is 0 Å². The Kier molecular flexibility index (Phi) is 13.4. The zero-order valence-electron chi connectivity index (χ0n) is 12.8. The van der Waals surface area contributed by atoms with Crippen LogP contribution in [0.1, 0.15) is 29.1 Å². The van der Waals surface area contributed by atoms with Gasteiger partial charge in [0.15, 0.2) is 0 Å². The molecule has 0 saturated carbocycles. The predicted molar refractivity (Wildman–Crippen MR) is 80.3 cm³/mol. The Hall–Kier alpha value is -0.600. The van der Waals surface area contributed by atoms with Crippen LogP contribution in [0.2, 0.25) is 0 Å². The van der Waals surface area contributed by atoms with Crippen molar-refractivity contribution in [3.8, 4) is 11.8 Å². The molecular formula is C15H31NO3. The molecule has 0 aliphatic carbocycles. The highest BCUT2D eigenvalue weighted by Gasteiger charge is 1.93. The third kappa shape index (κ3) is 17.4. The van der Waals surface area contributed by atoms with Crippen LogP contribution in [0.25, 0.3) is 0 Å². The Morgan fingerprint density at radius 2 is 1.47 bits per heavy atom. The van der Waals surface area contributed by atoms with Crippen LogP contribution in [-0.2, 0) is 14.2 Å². The van der Waals surface area contributed by atoms with Crippen LogP contribution < -0.4 is 5.32 Å². The van der Waals surface area contributed by atoms with E-state index in [2.05, 4.69) is 44.9 Å². The minimum Gasteiger partial charge on any atom is -0.378 e. The Bertz CT molecular complexity index is 249. The molecule has 0 radical (unpaired) electrons. The van der Waals surface area contributed by atoms with Crippen molar-refractivity contribution < 1.29 is 15.6 Å². The van der Waals surface area contributed by atoms with E-state index in [0.29, 0.717) is 45.0 Å². The molecule has 0 atom stereocenters. The van der Waals surface area contributed by atoms with Gasteiger partial charge in [0.25, 0.3) is 0 Å². The highest BCUT2D eigenvalue weighted by Crippen LogP contribution is 1.86. The number of hydrogen-bond acceptors (Lipinski definition) is 4. The van der Waals surface area contributed by atoms with Crippen molar-refractivity contribution in [2.75, 3.05) is 46.2 Å². The van der Waals surface area contributed by atoms with Gasteiger partial charge < -0.3 is 19.5 Å². The summed E-state index contributed by atoms with van der Waals surface area (Å²) in [4.78, 5) is 0. The quantitative estimate of drug-likeness (QED) is 0.461. The fourth-order valence-electron chi connectivity index (χ4n) is 1.23. The maximum atomic E-state index is 5.40. The van der Waals surface area contributed by atoms with Crippen molar-refractivity contribution in [3.05, 3.63) is 0 Å². The van der Waals surface area contributed by atoms with Gasteiger partial charge in [-0.2, -0.15) is 0 Å². The molecule has 0 heterocycles. The van der Waals surface area contributed by atoms with Gasteiger partial charge in [0.1, 0.15) is 6.61 Å². The number of rotatable bonds is 11. The molecule has 0 aliphatic heterocycles. The second-order valence-electron chi connectivity index (χ2n) is 4.86. The molecule has 0 unspecified atom stereocenters. The van der Waals surface area contributed by atoms with Crippen LogP contribution >= 0.6 is 0 Å². The first-order valence-electron chi connectivity index (χ1n) is 7.08. The summed E-state index contributed by atoms with van der Waals surface area (Å²) in [5, 5.41) is 3.29. The molecule has 0 aromatic rings. The molecule has 0 aliphatic rings. The summed E-state index contributed by atoms with van der Waals surface area (Å²) in [5.74, 6) is 6.41. The van der Waals surface area contributed by atoms with Crippen LogP contribution in [0.5, 0.6) is 0 Å². The molecule has 0 spiro atoms.